The van der Waals surface area contributed by atoms with Gasteiger partial charge in [-0.2, -0.15) is 0 Å². The van der Waals surface area contributed by atoms with Crippen molar-refractivity contribution in [3.05, 3.63) is 63.6 Å². The molecule has 25 heavy (non-hydrogen) atoms. The average molecular weight is 394 g/mol. The lowest BCUT2D eigenvalue weighted by Crippen LogP contribution is -2.48. The molecular weight excluding hydrogens is 373 g/mol. The van der Waals surface area contributed by atoms with Crippen LogP contribution in [-0.4, -0.2) is 34.7 Å². The van der Waals surface area contributed by atoms with E-state index in [0.717, 1.165) is 54.6 Å². The summed E-state index contributed by atoms with van der Waals surface area (Å²) in [5.74, 6) is 0. The predicted molar refractivity (Wildman–Crippen MR) is 110 cm³/mol. The van der Waals surface area contributed by atoms with Crippen molar-refractivity contribution in [1.82, 2.24) is 9.80 Å². The summed E-state index contributed by atoms with van der Waals surface area (Å²) >= 11 is 18.2. The number of nitrogens with zero attached hydrogens (tertiary/aromatic N) is 2. The number of thiocarbonyl (C=S) groups is 1. The molecule has 3 nitrogen and oxygen atoms in total. The molecule has 6 heteroatoms. The zero-order valence-corrected chi connectivity index (χ0v) is 16.5. The lowest BCUT2D eigenvalue weighted by Gasteiger charge is -2.37. The van der Waals surface area contributed by atoms with Crippen molar-refractivity contribution < 1.29 is 0 Å². The van der Waals surface area contributed by atoms with Gasteiger partial charge in [0.25, 0.3) is 0 Å². The van der Waals surface area contributed by atoms with Gasteiger partial charge in [0.1, 0.15) is 0 Å². The van der Waals surface area contributed by atoms with Crippen molar-refractivity contribution in [3.8, 4) is 0 Å². The molecule has 1 aliphatic rings. The molecular formula is C19H21Cl2N3S. The molecule has 132 valence electrons. The normalized spacial score (nSPS) is 15.2. The molecule has 0 bridgehead atoms. The molecule has 1 N–H and O–H groups in total. The van der Waals surface area contributed by atoms with Gasteiger partial charge < -0.3 is 10.2 Å². The van der Waals surface area contributed by atoms with E-state index in [1.54, 1.807) is 0 Å². The first-order valence-electron chi connectivity index (χ1n) is 8.31. The summed E-state index contributed by atoms with van der Waals surface area (Å²) in [6.07, 6.45) is 1.06. The summed E-state index contributed by atoms with van der Waals surface area (Å²) in [7, 11) is 0. The molecule has 0 aromatic heterocycles. The van der Waals surface area contributed by atoms with Crippen molar-refractivity contribution in [2.45, 2.75) is 19.9 Å². The quantitative estimate of drug-likeness (QED) is 0.725. The Morgan fingerprint density at radius 1 is 1.12 bits per heavy atom. The molecule has 2 aromatic carbocycles. The average Bonchev–Trinajstić information content (AvgIpc) is 2.60. The minimum Gasteiger partial charge on any atom is -0.336 e. The Kier molecular flexibility index (Phi) is 6.18. The summed E-state index contributed by atoms with van der Waals surface area (Å²) in [6.45, 7) is 5.60. The molecule has 0 atom stereocenters. The van der Waals surface area contributed by atoms with Crippen molar-refractivity contribution >= 4 is 46.2 Å². The smallest absolute Gasteiger partial charge is 0.174 e. The number of rotatable bonds is 3. The van der Waals surface area contributed by atoms with Crippen molar-refractivity contribution in [1.29, 1.82) is 0 Å². The number of hydrogen-bond acceptors (Lipinski definition) is 2. The number of hydrogen-bond donors (Lipinski definition) is 1. The number of anilines is 1. The number of nitrogens with one attached hydrogen (secondary N) is 1. The fourth-order valence-corrected chi connectivity index (χ4v) is 3.68. The Labute approximate surface area is 164 Å². The van der Waals surface area contributed by atoms with Crippen LogP contribution in [0.4, 0.5) is 5.69 Å². The Hall–Kier alpha value is -1.33. The first-order valence-corrected chi connectivity index (χ1v) is 9.47. The van der Waals surface area contributed by atoms with Crippen molar-refractivity contribution in [2.75, 3.05) is 25.1 Å². The number of halogens is 2. The van der Waals surface area contributed by atoms with Crippen LogP contribution < -0.4 is 5.32 Å². The summed E-state index contributed by atoms with van der Waals surface area (Å²) in [5, 5.41) is 5.48. The third kappa shape index (κ3) is 4.85. The fourth-order valence-electron chi connectivity index (χ4n) is 2.95. The van der Waals surface area contributed by atoms with E-state index in [0.29, 0.717) is 10.1 Å². The molecule has 3 rings (SSSR count). The van der Waals surface area contributed by atoms with Gasteiger partial charge in [-0.3, -0.25) is 4.90 Å². The lowest BCUT2D eigenvalue weighted by molar-refractivity contribution is 0.134. The van der Waals surface area contributed by atoms with E-state index in [2.05, 4.69) is 21.2 Å². The molecule has 2 aromatic rings. The molecule has 1 saturated heterocycles. The molecule has 0 radical (unpaired) electrons. The Bertz CT molecular complexity index is 766. The van der Waals surface area contributed by atoms with Gasteiger partial charge in [0.05, 0.1) is 17.4 Å². The van der Waals surface area contributed by atoms with Crippen LogP contribution in [0.25, 0.3) is 0 Å². The van der Waals surface area contributed by atoms with Gasteiger partial charge in [0, 0.05) is 24.7 Å². The fraction of sp³-hybridized carbons (Fsp3) is 0.316. The molecule has 1 heterocycles. The summed E-state index contributed by atoms with van der Waals surface area (Å²) in [6, 6.07) is 13.9. The lowest BCUT2D eigenvalue weighted by atomic mass is 10.2. The van der Waals surface area contributed by atoms with Gasteiger partial charge in [-0.05, 0) is 54.9 Å². The summed E-state index contributed by atoms with van der Waals surface area (Å²) < 4.78 is 0. The maximum atomic E-state index is 6.30. The number of aryl methyl sites for hydroxylation is 1. The Balaban J connectivity index is 1.62. The minimum absolute atomic E-state index is 0.687. The van der Waals surface area contributed by atoms with Crippen LogP contribution in [0, 0.1) is 6.92 Å². The molecule has 0 spiro atoms. The van der Waals surface area contributed by atoms with Crippen LogP contribution in [0.15, 0.2) is 42.5 Å². The molecule has 0 amide bonds. The Morgan fingerprint density at radius 3 is 2.68 bits per heavy atom. The van der Waals surface area contributed by atoms with Gasteiger partial charge in [0.15, 0.2) is 5.11 Å². The van der Waals surface area contributed by atoms with Crippen LogP contribution in [0.2, 0.25) is 10.0 Å². The van der Waals surface area contributed by atoms with E-state index >= 15 is 0 Å². The van der Waals surface area contributed by atoms with Crippen LogP contribution in [0.3, 0.4) is 0 Å². The van der Waals surface area contributed by atoms with Gasteiger partial charge in [-0.25, -0.2) is 0 Å². The molecule has 0 unspecified atom stereocenters. The minimum atomic E-state index is 0.687. The highest BCUT2D eigenvalue weighted by molar-refractivity contribution is 7.80. The maximum absolute atomic E-state index is 6.30. The highest BCUT2D eigenvalue weighted by Crippen LogP contribution is 2.24. The highest BCUT2D eigenvalue weighted by Gasteiger charge is 2.20. The molecule has 0 saturated carbocycles. The van der Waals surface area contributed by atoms with Crippen molar-refractivity contribution in [3.63, 3.8) is 0 Å². The summed E-state index contributed by atoms with van der Waals surface area (Å²) in [5.41, 5.74) is 3.12. The maximum Gasteiger partial charge on any atom is 0.174 e. The van der Waals surface area contributed by atoms with Crippen LogP contribution >= 0.6 is 35.4 Å². The topological polar surface area (TPSA) is 18.5 Å². The molecule has 0 aliphatic carbocycles. The van der Waals surface area contributed by atoms with Gasteiger partial charge >= 0.3 is 0 Å². The van der Waals surface area contributed by atoms with E-state index in [-0.39, 0.29) is 0 Å². The van der Waals surface area contributed by atoms with E-state index in [9.17, 15) is 0 Å². The molecule has 1 fully saturated rings. The van der Waals surface area contributed by atoms with E-state index in [4.69, 9.17) is 35.4 Å². The first-order chi connectivity index (χ1) is 12.0. The zero-order chi connectivity index (χ0) is 17.8. The van der Waals surface area contributed by atoms with Crippen LogP contribution in [-0.2, 0) is 6.54 Å². The third-order valence-corrected chi connectivity index (χ3v) is 5.32. The van der Waals surface area contributed by atoms with Gasteiger partial charge in [-0.1, -0.05) is 47.5 Å². The zero-order valence-electron chi connectivity index (χ0n) is 14.1. The second kappa shape index (κ2) is 8.37. The van der Waals surface area contributed by atoms with E-state index < -0.39 is 0 Å². The predicted octanol–water partition coefficient (Wildman–Crippen LogP) is 5.16. The largest absolute Gasteiger partial charge is 0.336 e. The third-order valence-electron chi connectivity index (χ3n) is 4.28. The van der Waals surface area contributed by atoms with Gasteiger partial charge in [0.2, 0.25) is 0 Å². The summed E-state index contributed by atoms with van der Waals surface area (Å²) in [4.78, 5) is 4.53. The SMILES string of the molecule is Cc1ccc(NC(=S)N2CCCN(Cc3ccccc3Cl)C2)c(Cl)c1. The van der Waals surface area contributed by atoms with E-state index in [1.165, 1.54) is 0 Å². The molecule has 1 aliphatic heterocycles. The van der Waals surface area contributed by atoms with Crippen molar-refractivity contribution in [2.24, 2.45) is 0 Å². The first kappa shape index (κ1) is 18.5. The van der Waals surface area contributed by atoms with Gasteiger partial charge in [-0.15, -0.1) is 0 Å². The Morgan fingerprint density at radius 2 is 1.92 bits per heavy atom. The second-order valence-corrected chi connectivity index (χ2v) is 7.52. The highest BCUT2D eigenvalue weighted by atomic mass is 35.5. The van der Waals surface area contributed by atoms with E-state index in [1.807, 2.05) is 43.3 Å². The van der Waals surface area contributed by atoms with Crippen LogP contribution in [0.1, 0.15) is 17.5 Å². The standard InChI is InChI=1S/C19H21Cl2N3S/c1-14-7-8-18(17(21)11-14)22-19(25)24-10-4-9-23(13-24)12-15-5-2-3-6-16(15)20/h2-3,5-8,11H,4,9-10,12-13H2,1H3,(H,22,25). The number of benzene rings is 2. The van der Waals surface area contributed by atoms with Crippen LogP contribution in [0.5, 0.6) is 0 Å². The second-order valence-electron chi connectivity index (χ2n) is 6.32. The monoisotopic (exact) mass is 393 g/mol.